The van der Waals surface area contributed by atoms with E-state index >= 15 is 0 Å². The molecule has 1 aromatic carbocycles. The molecule has 38 heavy (non-hydrogen) atoms. The Morgan fingerprint density at radius 3 is 2.16 bits per heavy atom. The number of allylic oxidation sites excluding steroid dienone is 2. The van der Waals surface area contributed by atoms with Crippen LogP contribution in [0.4, 0.5) is 0 Å². The van der Waals surface area contributed by atoms with Gasteiger partial charge in [0.15, 0.2) is 5.78 Å². The van der Waals surface area contributed by atoms with Crippen LogP contribution in [0.25, 0.3) is 20.8 Å². The maximum absolute atomic E-state index is 13.6. The fourth-order valence-electron chi connectivity index (χ4n) is 5.72. The zero-order chi connectivity index (χ0) is 26.9. The van der Waals surface area contributed by atoms with Gasteiger partial charge in [-0.15, -0.1) is 0 Å². The Kier molecular flexibility index (Phi) is 5.72. The van der Waals surface area contributed by atoms with Gasteiger partial charge in [-0.3, -0.25) is 4.79 Å². The first-order chi connectivity index (χ1) is 18.0. The van der Waals surface area contributed by atoms with Crippen molar-refractivity contribution >= 4 is 49.2 Å². The summed E-state index contributed by atoms with van der Waals surface area (Å²) in [4.78, 5) is 24.5. The van der Waals surface area contributed by atoms with Gasteiger partial charge in [0, 0.05) is 39.1 Å². The quantitative estimate of drug-likeness (QED) is 0.207. The third kappa shape index (κ3) is 3.85. The number of ketones is 1. The van der Waals surface area contributed by atoms with Gasteiger partial charge in [-0.2, -0.15) is 0 Å². The van der Waals surface area contributed by atoms with Crippen molar-refractivity contribution < 1.29 is 4.79 Å². The molecule has 0 radical (unpaired) electrons. The Morgan fingerprint density at radius 2 is 1.42 bits per heavy atom. The van der Waals surface area contributed by atoms with Crippen molar-refractivity contribution in [2.45, 2.75) is 41.5 Å². The molecule has 0 spiro atoms. The molecule has 192 valence electrons. The molecule has 6 rings (SSSR count). The predicted octanol–water partition coefficient (Wildman–Crippen LogP) is 5.72. The van der Waals surface area contributed by atoms with E-state index in [2.05, 4.69) is 119 Å². The minimum atomic E-state index is -0.652. The number of benzene rings is 1. The van der Waals surface area contributed by atoms with E-state index in [1.54, 1.807) is 0 Å². The predicted molar refractivity (Wildman–Crippen MR) is 163 cm³/mol. The number of halogens is 1. The van der Waals surface area contributed by atoms with E-state index in [0.717, 1.165) is 53.9 Å². The molecular formula is C32H31IN4O. The zero-order valence-corrected chi connectivity index (χ0v) is 24.6. The van der Waals surface area contributed by atoms with Crippen LogP contribution in [-0.2, 0) is 4.79 Å². The van der Waals surface area contributed by atoms with Crippen LogP contribution in [-0.4, -0.2) is 20.7 Å². The number of aromatic nitrogens is 3. The van der Waals surface area contributed by atoms with Gasteiger partial charge in [-0.25, -0.2) is 0 Å². The largest absolute Gasteiger partial charge is 0.355 e. The topological polar surface area (TPSA) is 76.5 Å². The van der Waals surface area contributed by atoms with Crippen LogP contribution in [0, 0.1) is 26.2 Å². The normalized spacial score (nSPS) is 16.7. The van der Waals surface area contributed by atoms with E-state index in [-0.39, 0.29) is 5.78 Å². The van der Waals surface area contributed by atoms with Crippen LogP contribution < -0.4 is 16.0 Å². The van der Waals surface area contributed by atoms with Crippen LogP contribution in [0.15, 0.2) is 59.9 Å². The average molecular weight is 615 g/mol. The third-order valence-electron chi connectivity index (χ3n) is 7.84. The Balaban J connectivity index is 1.72. The van der Waals surface area contributed by atoms with Crippen LogP contribution >= 0.6 is 22.6 Å². The van der Waals surface area contributed by atoms with Gasteiger partial charge in [0.25, 0.3) is 0 Å². The minimum Gasteiger partial charge on any atom is -0.355 e. The molecule has 6 heteroatoms. The maximum atomic E-state index is 13.6. The molecule has 2 aliphatic rings. The summed E-state index contributed by atoms with van der Waals surface area (Å²) >= 11 is 2.29. The molecule has 3 aromatic heterocycles. The van der Waals surface area contributed by atoms with E-state index < -0.39 is 5.41 Å². The lowest BCUT2D eigenvalue weighted by Crippen LogP contribution is -2.20. The van der Waals surface area contributed by atoms with Crippen molar-refractivity contribution in [3.8, 4) is 0 Å². The molecule has 0 aliphatic carbocycles. The number of carbonyl (C=O) groups excluding carboxylic acids is 1. The molecule has 1 fully saturated rings. The van der Waals surface area contributed by atoms with E-state index in [4.69, 9.17) is 0 Å². The number of aromatic amines is 3. The second kappa shape index (κ2) is 8.76. The summed E-state index contributed by atoms with van der Waals surface area (Å²) in [7, 11) is 0. The van der Waals surface area contributed by atoms with Crippen molar-refractivity contribution in [3.05, 3.63) is 116 Å². The van der Waals surface area contributed by atoms with Gasteiger partial charge >= 0.3 is 0 Å². The minimum absolute atomic E-state index is 0.0890. The number of nitrogens with one attached hydrogen (secondary N) is 4. The van der Waals surface area contributed by atoms with E-state index in [9.17, 15) is 4.79 Å². The average Bonchev–Trinajstić information content (AvgIpc) is 3.65. The molecule has 5 heterocycles. The Labute approximate surface area is 236 Å². The number of hydrogen-bond donors (Lipinski definition) is 4. The summed E-state index contributed by atoms with van der Waals surface area (Å²) < 4.78 is 0.877. The molecule has 4 aromatic rings. The summed E-state index contributed by atoms with van der Waals surface area (Å²) in [6, 6.07) is 17.2. The molecular weight excluding hydrogens is 583 g/mol. The summed E-state index contributed by atoms with van der Waals surface area (Å²) in [5.74, 6) is 0.0890. The van der Waals surface area contributed by atoms with Crippen LogP contribution in [0.2, 0.25) is 0 Å². The molecule has 8 bridgehead atoms. The standard InChI is InChI=1S/C32H31IN4O/c1-16-13-17(2)27(18(3)14-16)28-23-10-9-22(35-23)19(4)21-8-7-20(34-21)15-26-32(5,6)31(38)30(37-26)29(33)25-12-11-24(28)36-25/h7-15,34-37H,1-6H3. The van der Waals surface area contributed by atoms with Gasteiger partial charge in [0.2, 0.25) is 0 Å². The second-order valence-corrected chi connectivity index (χ2v) is 12.1. The summed E-state index contributed by atoms with van der Waals surface area (Å²) in [5.41, 5.74) is 11.9. The van der Waals surface area contributed by atoms with Crippen molar-refractivity contribution in [1.82, 2.24) is 20.3 Å². The number of fused-ring (bicyclic) bond motifs is 8. The smallest absolute Gasteiger partial charge is 0.191 e. The zero-order valence-electron chi connectivity index (χ0n) is 22.5. The van der Waals surface area contributed by atoms with Gasteiger partial charge in [-0.05, 0) is 129 Å². The Bertz CT molecular complexity index is 1810. The van der Waals surface area contributed by atoms with Crippen LogP contribution in [0.3, 0.4) is 0 Å². The van der Waals surface area contributed by atoms with E-state index in [1.807, 2.05) is 19.9 Å². The summed E-state index contributed by atoms with van der Waals surface area (Å²) in [6.45, 7) is 12.6. The maximum Gasteiger partial charge on any atom is 0.191 e. The van der Waals surface area contributed by atoms with Gasteiger partial charge in [-0.1, -0.05) is 17.7 Å². The molecule has 0 saturated carbocycles. The number of hydrogen-bond acceptors (Lipinski definition) is 2. The summed E-state index contributed by atoms with van der Waals surface area (Å²) in [5, 5.41) is 5.57. The highest BCUT2D eigenvalue weighted by Gasteiger charge is 2.42. The molecule has 4 N–H and O–H groups in total. The SMILES string of the molecule is CC1=c2ccc([nH]2)=C(c2c(C)cc(C)cc2C)c2ccc([nH]2)C(I)=C2NC(=Cc3ccc1[nH]3)C(C)(C)C2=O. The monoisotopic (exact) mass is 614 g/mol. The van der Waals surface area contributed by atoms with Crippen molar-refractivity contribution in [1.29, 1.82) is 0 Å². The lowest BCUT2D eigenvalue weighted by molar-refractivity contribution is -0.120. The van der Waals surface area contributed by atoms with Crippen molar-refractivity contribution in [3.63, 3.8) is 0 Å². The first-order valence-electron chi connectivity index (χ1n) is 12.9. The second-order valence-electron chi connectivity index (χ2n) is 11.0. The molecule has 5 nitrogen and oxygen atoms in total. The van der Waals surface area contributed by atoms with Crippen LogP contribution in [0.1, 0.15) is 65.8 Å². The first kappa shape index (κ1) is 24.8. The van der Waals surface area contributed by atoms with Gasteiger partial charge < -0.3 is 20.3 Å². The number of aryl methyl sites for hydroxylation is 3. The molecule has 0 amide bonds. The fourth-order valence-corrected chi connectivity index (χ4v) is 6.42. The Hall–Kier alpha value is -3.52. The number of rotatable bonds is 1. The van der Waals surface area contributed by atoms with Crippen molar-refractivity contribution in [2.24, 2.45) is 5.41 Å². The highest BCUT2D eigenvalue weighted by molar-refractivity contribution is 14.1. The summed E-state index contributed by atoms with van der Waals surface area (Å²) in [6.07, 6.45) is 2.05. The highest BCUT2D eigenvalue weighted by Crippen LogP contribution is 2.41. The van der Waals surface area contributed by atoms with E-state index in [0.29, 0.717) is 5.70 Å². The number of Topliss-reactive ketones (excluding diaryl/α,β-unsaturated/α-hetero) is 1. The Morgan fingerprint density at radius 1 is 0.763 bits per heavy atom. The fraction of sp³-hybridized carbons (Fsp3) is 0.219. The molecule has 0 unspecified atom stereocenters. The molecule has 1 saturated heterocycles. The molecule has 2 aliphatic heterocycles. The van der Waals surface area contributed by atoms with Crippen molar-refractivity contribution in [2.75, 3.05) is 0 Å². The number of carbonyl (C=O) groups is 1. The van der Waals surface area contributed by atoms with E-state index in [1.165, 1.54) is 22.3 Å². The lowest BCUT2D eigenvalue weighted by atomic mass is 9.86. The first-order valence-corrected chi connectivity index (χ1v) is 13.9. The third-order valence-corrected chi connectivity index (χ3v) is 8.96. The lowest BCUT2D eigenvalue weighted by Gasteiger charge is -2.15. The number of H-pyrrole nitrogens is 3. The van der Waals surface area contributed by atoms with Crippen LogP contribution in [0.5, 0.6) is 0 Å². The highest BCUT2D eigenvalue weighted by atomic mass is 127. The molecule has 0 atom stereocenters. The van der Waals surface area contributed by atoms with Gasteiger partial charge in [0.1, 0.15) is 0 Å². The van der Waals surface area contributed by atoms with Gasteiger partial charge in [0.05, 0.1) is 20.4 Å².